The molecule has 0 aromatic heterocycles. The van der Waals surface area contributed by atoms with Gasteiger partial charge in [-0.2, -0.15) is 0 Å². The predicted octanol–water partition coefficient (Wildman–Crippen LogP) is 1.55. The van der Waals surface area contributed by atoms with E-state index in [-0.39, 0.29) is 6.42 Å². The number of carbonyl (C=O) groups is 2. The molecule has 0 spiro atoms. The lowest BCUT2D eigenvalue weighted by molar-refractivity contribution is -0.147. The van der Waals surface area contributed by atoms with Gasteiger partial charge in [-0.15, -0.1) is 0 Å². The van der Waals surface area contributed by atoms with Crippen molar-refractivity contribution in [3.63, 3.8) is 0 Å². The number of rotatable bonds is 4. The largest absolute Gasteiger partial charge is 0.513 e. The molecule has 0 amide bonds. The van der Waals surface area contributed by atoms with E-state index in [4.69, 9.17) is 5.11 Å². The van der Waals surface area contributed by atoms with Gasteiger partial charge in [0.25, 0.3) is 0 Å². The van der Waals surface area contributed by atoms with E-state index in [1.54, 1.807) is 37.3 Å². The molecule has 0 aliphatic carbocycles. The third-order valence-electron chi connectivity index (χ3n) is 2.77. The van der Waals surface area contributed by atoms with E-state index in [1.807, 2.05) is 0 Å². The van der Waals surface area contributed by atoms with Gasteiger partial charge in [-0.05, 0) is 12.0 Å². The van der Waals surface area contributed by atoms with Crippen LogP contribution in [0.25, 0.3) is 0 Å². The maximum absolute atomic E-state index is 11.8. The van der Waals surface area contributed by atoms with Gasteiger partial charge in [-0.1, -0.05) is 37.3 Å². The summed E-state index contributed by atoms with van der Waals surface area (Å²) in [4.78, 5) is 22.2. The van der Waals surface area contributed by atoms with Gasteiger partial charge in [0, 0.05) is 0 Å². The fourth-order valence-corrected chi connectivity index (χ4v) is 1.67. The third-order valence-corrected chi connectivity index (χ3v) is 2.77. The van der Waals surface area contributed by atoms with E-state index in [1.165, 1.54) is 0 Å². The van der Waals surface area contributed by atoms with Crippen molar-refractivity contribution in [2.45, 2.75) is 18.8 Å². The van der Waals surface area contributed by atoms with E-state index < -0.39 is 24.1 Å². The first kappa shape index (κ1) is 13.2. The molecule has 2 N–H and O–H groups in total. The number of carbonyl (C=O) groups excluding carboxylic acids is 1. The molecule has 0 aliphatic rings. The van der Waals surface area contributed by atoms with Crippen LogP contribution in [0.15, 0.2) is 30.3 Å². The Morgan fingerprint density at radius 3 is 2.29 bits per heavy atom. The quantitative estimate of drug-likeness (QED) is 0.614. The number of hydrogen-bond acceptors (Lipinski definition) is 4. The van der Waals surface area contributed by atoms with E-state index >= 15 is 0 Å². The van der Waals surface area contributed by atoms with E-state index in [0.717, 1.165) is 0 Å². The van der Waals surface area contributed by atoms with Crippen molar-refractivity contribution in [1.82, 2.24) is 0 Å². The molecule has 1 aromatic rings. The molecule has 1 unspecified atom stereocenters. The SMILES string of the molecule is CCC(CO)(C(=O)OC(=O)O)c1ccccc1. The van der Waals surface area contributed by atoms with Crippen LogP contribution >= 0.6 is 0 Å². The summed E-state index contributed by atoms with van der Waals surface area (Å²) in [5, 5.41) is 17.9. The highest BCUT2D eigenvalue weighted by Crippen LogP contribution is 2.29. The predicted molar refractivity (Wildman–Crippen MR) is 59.6 cm³/mol. The molecule has 0 saturated carbocycles. The lowest BCUT2D eigenvalue weighted by Gasteiger charge is -2.27. The van der Waals surface area contributed by atoms with Crippen molar-refractivity contribution >= 4 is 12.1 Å². The Kier molecular flexibility index (Phi) is 4.23. The van der Waals surface area contributed by atoms with Crippen molar-refractivity contribution in [2.75, 3.05) is 6.61 Å². The Labute approximate surface area is 98.6 Å². The van der Waals surface area contributed by atoms with Crippen LogP contribution in [-0.4, -0.2) is 28.9 Å². The van der Waals surface area contributed by atoms with Crippen LogP contribution < -0.4 is 0 Å². The Morgan fingerprint density at radius 1 is 1.29 bits per heavy atom. The summed E-state index contributed by atoms with van der Waals surface area (Å²) in [7, 11) is 0. The Hall–Kier alpha value is -1.88. The lowest BCUT2D eigenvalue weighted by Crippen LogP contribution is -2.41. The van der Waals surface area contributed by atoms with Crippen LogP contribution in [0.5, 0.6) is 0 Å². The molecule has 5 heteroatoms. The first-order chi connectivity index (χ1) is 8.06. The van der Waals surface area contributed by atoms with Gasteiger partial charge in [0.1, 0.15) is 5.41 Å². The Bertz CT molecular complexity index is 395. The molecule has 0 heterocycles. The monoisotopic (exact) mass is 238 g/mol. The summed E-state index contributed by atoms with van der Waals surface area (Å²) in [6.45, 7) is 1.19. The maximum Gasteiger partial charge on any atom is 0.513 e. The van der Waals surface area contributed by atoms with Crippen LogP contribution in [0.4, 0.5) is 4.79 Å². The molecule has 17 heavy (non-hydrogen) atoms. The summed E-state index contributed by atoms with van der Waals surface area (Å²) >= 11 is 0. The second-order valence-electron chi connectivity index (χ2n) is 3.62. The van der Waals surface area contributed by atoms with Gasteiger partial charge >= 0.3 is 12.1 Å². The molecule has 1 aromatic carbocycles. The minimum atomic E-state index is -1.67. The zero-order valence-corrected chi connectivity index (χ0v) is 9.42. The molecule has 92 valence electrons. The van der Waals surface area contributed by atoms with Crippen LogP contribution in [-0.2, 0) is 14.9 Å². The number of ether oxygens (including phenoxy) is 1. The second kappa shape index (κ2) is 5.45. The zero-order chi connectivity index (χ0) is 12.9. The molecule has 1 atom stereocenters. The highest BCUT2D eigenvalue weighted by Gasteiger charge is 2.40. The van der Waals surface area contributed by atoms with Crippen LogP contribution in [0.1, 0.15) is 18.9 Å². The van der Waals surface area contributed by atoms with Gasteiger partial charge in [-0.3, -0.25) is 4.79 Å². The number of esters is 1. The summed E-state index contributed by atoms with van der Waals surface area (Å²) < 4.78 is 4.17. The average Bonchev–Trinajstić information content (AvgIpc) is 2.32. The summed E-state index contributed by atoms with van der Waals surface area (Å²) in [5.41, 5.74) is -0.782. The van der Waals surface area contributed by atoms with Crippen molar-refractivity contribution in [1.29, 1.82) is 0 Å². The number of aliphatic hydroxyl groups excluding tert-OH is 1. The zero-order valence-electron chi connectivity index (χ0n) is 9.42. The maximum atomic E-state index is 11.8. The molecule has 1 rings (SSSR count). The van der Waals surface area contributed by atoms with Crippen LogP contribution in [0.3, 0.4) is 0 Å². The number of hydrogen-bond donors (Lipinski definition) is 2. The highest BCUT2D eigenvalue weighted by atomic mass is 16.7. The number of benzene rings is 1. The second-order valence-corrected chi connectivity index (χ2v) is 3.62. The highest BCUT2D eigenvalue weighted by molar-refractivity contribution is 5.90. The first-order valence-corrected chi connectivity index (χ1v) is 5.18. The van der Waals surface area contributed by atoms with E-state index in [9.17, 15) is 14.7 Å². The van der Waals surface area contributed by atoms with E-state index in [0.29, 0.717) is 5.56 Å². The molecule has 0 radical (unpaired) electrons. The number of carboxylic acid groups (broad SMARTS) is 1. The fourth-order valence-electron chi connectivity index (χ4n) is 1.67. The van der Waals surface area contributed by atoms with Crippen molar-refractivity contribution in [3.8, 4) is 0 Å². The topological polar surface area (TPSA) is 83.8 Å². The Balaban J connectivity index is 3.13. The van der Waals surface area contributed by atoms with Crippen molar-refractivity contribution in [2.24, 2.45) is 0 Å². The van der Waals surface area contributed by atoms with Crippen molar-refractivity contribution in [3.05, 3.63) is 35.9 Å². The number of aliphatic hydroxyl groups is 1. The molecule has 0 saturated heterocycles. The van der Waals surface area contributed by atoms with Gasteiger partial charge < -0.3 is 14.9 Å². The third kappa shape index (κ3) is 2.62. The van der Waals surface area contributed by atoms with Gasteiger partial charge in [0.05, 0.1) is 6.61 Å². The van der Waals surface area contributed by atoms with E-state index in [2.05, 4.69) is 4.74 Å². The first-order valence-electron chi connectivity index (χ1n) is 5.18. The molecular weight excluding hydrogens is 224 g/mol. The van der Waals surface area contributed by atoms with Crippen LogP contribution in [0, 0.1) is 0 Å². The smallest absolute Gasteiger partial charge is 0.449 e. The summed E-state index contributed by atoms with van der Waals surface area (Å²) in [6.07, 6.45) is -1.42. The minimum absolute atomic E-state index is 0.250. The fraction of sp³-hybridized carbons (Fsp3) is 0.333. The normalized spacial score (nSPS) is 13.8. The lowest BCUT2D eigenvalue weighted by atomic mass is 9.79. The molecule has 0 aliphatic heterocycles. The summed E-state index contributed by atoms with van der Waals surface area (Å²) in [6, 6.07) is 8.50. The molecule has 0 bridgehead atoms. The molecule has 0 fully saturated rings. The summed E-state index contributed by atoms with van der Waals surface area (Å²) in [5.74, 6) is -0.957. The Morgan fingerprint density at radius 2 is 1.88 bits per heavy atom. The van der Waals surface area contributed by atoms with Gasteiger partial charge in [-0.25, -0.2) is 4.79 Å². The van der Waals surface area contributed by atoms with Crippen molar-refractivity contribution < 1.29 is 24.5 Å². The minimum Gasteiger partial charge on any atom is -0.449 e. The molecule has 5 nitrogen and oxygen atoms in total. The van der Waals surface area contributed by atoms with Gasteiger partial charge in [0.2, 0.25) is 0 Å². The average molecular weight is 238 g/mol. The van der Waals surface area contributed by atoms with Crippen LogP contribution in [0.2, 0.25) is 0 Å². The van der Waals surface area contributed by atoms with Gasteiger partial charge in [0.15, 0.2) is 0 Å². The standard InChI is InChI=1S/C12H14O5/c1-2-12(8-13,10(14)17-11(15)16)9-6-4-3-5-7-9/h3-7,13H,2,8H2,1H3,(H,15,16). The molecular formula is C12H14O5.